The molecule has 0 saturated heterocycles. The number of carbonyl (C=O) groups excluding carboxylic acids is 1. The number of ketones is 1. The third kappa shape index (κ3) is 1.31. The number of rotatable bonds is 0. The van der Waals surface area contributed by atoms with Gasteiger partial charge in [-0.2, -0.15) is 0 Å². The van der Waals surface area contributed by atoms with E-state index in [2.05, 4.69) is 18.2 Å². The zero-order valence-electron chi connectivity index (χ0n) is 10.2. The molecule has 3 unspecified atom stereocenters. The van der Waals surface area contributed by atoms with E-state index < -0.39 is 0 Å². The lowest BCUT2D eigenvalue weighted by Crippen LogP contribution is -2.41. The van der Waals surface area contributed by atoms with Crippen LogP contribution in [0, 0.1) is 17.3 Å². The monoisotopic (exact) mass is 258 g/mol. The van der Waals surface area contributed by atoms with Crippen LogP contribution in [0.4, 0.5) is 0 Å². The molecule has 1 aromatic rings. The molecule has 0 amide bonds. The lowest BCUT2D eigenvalue weighted by Gasteiger charge is -2.38. The molecule has 3 aliphatic carbocycles. The van der Waals surface area contributed by atoms with Crippen LogP contribution in [-0.2, 0) is 17.6 Å². The molecule has 92 valence electrons. The van der Waals surface area contributed by atoms with E-state index in [0.717, 1.165) is 17.9 Å². The number of fused-ring (bicyclic) bond motifs is 4. The first-order chi connectivity index (χ1) is 8.67. The predicted octanol–water partition coefficient (Wildman–Crippen LogP) is 3.59. The van der Waals surface area contributed by atoms with Crippen LogP contribution in [0.25, 0.3) is 0 Å². The van der Waals surface area contributed by atoms with Crippen LogP contribution in [0.2, 0.25) is 5.02 Å². The summed E-state index contributed by atoms with van der Waals surface area (Å²) < 4.78 is 0. The summed E-state index contributed by atoms with van der Waals surface area (Å²) in [6, 6.07) is 5.97. The van der Waals surface area contributed by atoms with Crippen molar-refractivity contribution in [2.24, 2.45) is 17.3 Å². The van der Waals surface area contributed by atoms with Crippen LogP contribution < -0.4 is 0 Å². The predicted molar refractivity (Wildman–Crippen MR) is 71.7 cm³/mol. The van der Waals surface area contributed by atoms with Gasteiger partial charge in [-0.25, -0.2) is 0 Å². The van der Waals surface area contributed by atoms with Crippen molar-refractivity contribution in [2.45, 2.75) is 25.7 Å². The minimum absolute atomic E-state index is 0.100. The number of halogens is 1. The Morgan fingerprint density at radius 1 is 1.22 bits per heavy atom. The Hall–Kier alpha value is -1.08. The number of allylic oxidation sites excluding steroid dienone is 2. The molecule has 2 heteroatoms. The number of Topliss-reactive ketones (excluding diaryl/α,β-unsaturated/α-hetero) is 1. The number of hydrogen-bond acceptors (Lipinski definition) is 1. The average Bonchev–Trinajstić information content (AvgIpc) is 2.92. The van der Waals surface area contributed by atoms with Crippen LogP contribution in [0.5, 0.6) is 0 Å². The summed E-state index contributed by atoms with van der Waals surface area (Å²) in [5.41, 5.74) is 2.38. The highest BCUT2D eigenvalue weighted by atomic mass is 35.5. The van der Waals surface area contributed by atoms with Gasteiger partial charge in [-0.3, -0.25) is 4.79 Å². The summed E-state index contributed by atoms with van der Waals surface area (Å²) in [6.07, 6.45) is 8.32. The van der Waals surface area contributed by atoms with Gasteiger partial charge in [0.2, 0.25) is 0 Å². The number of hydrogen-bond donors (Lipinski definition) is 0. The number of carbonyl (C=O) groups is 1. The largest absolute Gasteiger partial charge is 0.299 e. The van der Waals surface area contributed by atoms with Crippen LogP contribution in [0.15, 0.2) is 30.4 Å². The molecule has 18 heavy (non-hydrogen) atoms. The fourth-order valence-corrected chi connectivity index (χ4v) is 4.39. The van der Waals surface area contributed by atoms with Gasteiger partial charge >= 0.3 is 0 Å². The summed E-state index contributed by atoms with van der Waals surface area (Å²) >= 11 is 6.09. The minimum Gasteiger partial charge on any atom is -0.299 e. The maximum Gasteiger partial charge on any atom is 0.144 e. The zero-order chi connectivity index (χ0) is 12.3. The van der Waals surface area contributed by atoms with Gasteiger partial charge in [0.05, 0.1) is 0 Å². The van der Waals surface area contributed by atoms with Crippen molar-refractivity contribution in [3.63, 3.8) is 0 Å². The van der Waals surface area contributed by atoms with Crippen LogP contribution in [0.3, 0.4) is 0 Å². The molecule has 0 N–H and O–H groups in total. The molecule has 4 rings (SSSR count). The van der Waals surface area contributed by atoms with Gasteiger partial charge in [-0.05, 0) is 54.4 Å². The second-order valence-electron chi connectivity index (χ2n) is 6.04. The van der Waals surface area contributed by atoms with Gasteiger partial charge in [0.15, 0.2) is 0 Å². The maximum absolute atomic E-state index is 12.6. The molecule has 1 nitrogen and oxygen atoms in total. The molecule has 2 bridgehead atoms. The van der Waals surface area contributed by atoms with E-state index in [1.165, 1.54) is 17.5 Å². The molecule has 0 aromatic heterocycles. The molecular formula is C16H15ClO. The first kappa shape index (κ1) is 10.8. The Morgan fingerprint density at radius 2 is 2.11 bits per heavy atom. The first-order valence-corrected chi connectivity index (χ1v) is 7.04. The molecule has 0 aliphatic heterocycles. The summed E-state index contributed by atoms with van der Waals surface area (Å²) in [5, 5.41) is 0.789. The van der Waals surface area contributed by atoms with Gasteiger partial charge in [-0.1, -0.05) is 29.8 Å². The van der Waals surface area contributed by atoms with Gasteiger partial charge in [0, 0.05) is 16.9 Å². The van der Waals surface area contributed by atoms with Crippen molar-refractivity contribution in [1.29, 1.82) is 0 Å². The average molecular weight is 259 g/mol. The van der Waals surface area contributed by atoms with Crippen LogP contribution >= 0.6 is 11.6 Å². The van der Waals surface area contributed by atoms with E-state index in [9.17, 15) is 4.79 Å². The third-order valence-corrected chi connectivity index (χ3v) is 5.32. The molecule has 3 atom stereocenters. The van der Waals surface area contributed by atoms with E-state index in [1.807, 2.05) is 12.1 Å². The highest BCUT2D eigenvalue weighted by Gasteiger charge is 2.54. The molecule has 0 radical (unpaired) electrons. The summed E-state index contributed by atoms with van der Waals surface area (Å²) in [4.78, 5) is 12.6. The highest BCUT2D eigenvalue weighted by Crippen LogP contribution is 2.56. The van der Waals surface area contributed by atoms with Crippen molar-refractivity contribution in [3.8, 4) is 0 Å². The van der Waals surface area contributed by atoms with E-state index in [0.29, 0.717) is 24.0 Å². The SMILES string of the molecule is O=C1Cc2ccc(Cl)cc2CC12CC1C=CC2C1. The van der Waals surface area contributed by atoms with Crippen molar-refractivity contribution < 1.29 is 4.79 Å². The molecule has 0 heterocycles. The smallest absolute Gasteiger partial charge is 0.144 e. The van der Waals surface area contributed by atoms with Crippen LogP contribution in [-0.4, -0.2) is 5.78 Å². The Balaban J connectivity index is 1.80. The van der Waals surface area contributed by atoms with Crippen molar-refractivity contribution in [1.82, 2.24) is 0 Å². The Kier molecular flexibility index (Phi) is 2.09. The Bertz CT molecular complexity index is 574. The lowest BCUT2D eigenvalue weighted by molar-refractivity contribution is -0.130. The molecule has 1 aromatic carbocycles. The first-order valence-electron chi connectivity index (χ1n) is 6.66. The molecule has 1 saturated carbocycles. The van der Waals surface area contributed by atoms with E-state index >= 15 is 0 Å². The second kappa shape index (κ2) is 3.48. The van der Waals surface area contributed by atoms with Crippen molar-refractivity contribution >= 4 is 17.4 Å². The van der Waals surface area contributed by atoms with Gasteiger partial charge in [0.25, 0.3) is 0 Å². The molecular weight excluding hydrogens is 244 g/mol. The quantitative estimate of drug-likeness (QED) is 0.650. The fraction of sp³-hybridized carbons (Fsp3) is 0.438. The lowest BCUT2D eigenvalue weighted by atomic mass is 9.64. The second-order valence-corrected chi connectivity index (χ2v) is 6.47. The Morgan fingerprint density at radius 3 is 2.83 bits per heavy atom. The zero-order valence-corrected chi connectivity index (χ0v) is 10.9. The number of benzene rings is 1. The van der Waals surface area contributed by atoms with E-state index in [4.69, 9.17) is 11.6 Å². The van der Waals surface area contributed by atoms with Crippen molar-refractivity contribution in [2.75, 3.05) is 0 Å². The minimum atomic E-state index is -0.100. The fourth-order valence-electron chi connectivity index (χ4n) is 4.20. The highest BCUT2D eigenvalue weighted by molar-refractivity contribution is 6.30. The van der Waals surface area contributed by atoms with Gasteiger partial charge in [0.1, 0.15) is 5.78 Å². The third-order valence-electron chi connectivity index (χ3n) is 5.09. The van der Waals surface area contributed by atoms with E-state index in [-0.39, 0.29) is 5.41 Å². The topological polar surface area (TPSA) is 17.1 Å². The summed E-state index contributed by atoms with van der Waals surface area (Å²) in [5.74, 6) is 1.57. The van der Waals surface area contributed by atoms with Crippen molar-refractivity contribution in [3.05, 3.63) is 46.5 Å². The summed E-state index contributed by atoms with van der Waals surface area (Å²) in [7, 11) is 0. The van der Waals surface area contributed by atoms with Crippen LogP contribution in [0.1, 0.15) is 24.0 Å². The van der Waals surface area contributed by atoms with Gasteiger partial charge in [-0.15, -0.1) is 0 Å². The molecule has 3 aliphatic rings. The normalized spacial score (nSPS) is 36.4. The maximum atomic E-state index is 12.6. The molecule has 1 fully saturated rings. The Labute approximate surface area is 112 Å². The molecule has 1 spiro atoms. The van der Waals surface area contributed by atoms with Gasteiger partial charge < -0.3 is 0 Å². The summed E-state index contributed by atoms with van der Waals surface area (Å²) in [6.45, 7) is 0. The standard InChI is InChI=1S/C16H15ClO/c17-14-4-2-11-7-15(18)16(9-12(11)6-14)8-10-1-3-13(16)5-10/h1-4,6,10,13H,5,7-9H2. The van der Waals surface area contributed by atoms with E-state index in [1.54, 1.807) is 0 Å².